The van der Waals surface area contributed by atoms with E-state index in [1.807, 2.05) is 27.0 Å². The molecule has 1 aliphatic rings. The Morgan fingerprint density at radius 1 is 1.56 bits per heavy atom. The second-order valence-corrected chi connectivity index (χ2v) is 6.39. The van der Waals surface area contributed by atoms with Gasteiger partial charge in [-0.25, -0.2) is 0 Å². The molecule has 0 bridgehead atoms. The number of aliphatic carboxylic acids is 1. The molecule has 2 atom stereocenters. The van der Waals surface area contributed by atoms with E-state index in [1.54, 1.807) is 11.8 Å². The Morgan fingerprint density at radius 2 is 2.22 bits per heavy atom. The second-order valence-electron chi connectivity index (χ2n) is 4.70. The number of fused-ring (bicyclic) bond motifs is 1. The minimum absolute atomic E-state index is 0.0536. The minimum Gasteiger partial charge on any atom is -0.481 e. The van der Waals surface area contributed by atoms with Crippen molar-refractivity contribution < 1.29 is 9.90 Å². The first-order chi connectivity index (χ1) is 8.40. The second kappa shape index (κ2) is 5.02. The van der Waals surface area contributed by atoms with Crippen LogP contribution in [-0.4, -0.2) is 29.4 Å². The summed E-state index contributed by atoms with van der Waals surface area (Å²) < 4.78 is 0. The van der Waals surface area contributed by atoms with Crippen LogP contribution in [-0.2, 0) is 4.79 Å². The number of rotatable bonds is 2. The molecular formula is C13H16ClNO2S. The standard InChI is InChI=1S/C13H16ClNO2S/c1-7-4-9(14)13-11(5-7)18-10(6-12(16)17)8(2)15(13)3/h4-5,8,10H,6H2,1-3H3,(H,16,17). The van der Waals surface area contributed by atoms with Gasteiger partial charge in [0, 0.05) is 23.2 Å². The summed E-state index contributed by atoms with van der Waals surface area (Å²) in [4.78, 5) is 14.1. The SMILES string of the molecule is Cc1cc(Cl)c2c(c1)SC(CC(=O)O)C(C)N2C. The lowest BCUT2D eigenvalue weighted by molar-refractivity contribution is -0.137. The Balaban J connectivity index is 2.40. The van der Waals surface area contributed by atoms with Gasteiger partial charge < -0.3 is 10.0 Å². The van der Waals surface area contributed by atoms with Crippen molar-refractivity contribution in [2.24, 2.45) is 0 Å². The van der Waals surface area contributed by atoms with Gasteiger partial charge in [-0.3, -0.25) is 4.79 Å². The van der Waals surface area contributed by atoms with Crippen LogP contribution in [0.1, 0.15) is 18.9 Å². The third kappa shape index (κ3) is 2.45. The number of benzene rings is 1. The van der Waals surface area contributed by atoms with Crippen LogP contribution in [0.4, 0.5) is 5.69 Å². The molecule has 1 heterocycles. The monoisotopic (exact) mass is 285 g/mol. The number of carbonyl (C=O) groups is 1. The molecule has 5 heteroatoms. The van der Waals surface area contributed by atoms with Gasteiger partial charge in [-0.1, -0.05) is 11.6 Å². The van der Waals surface area contributed by atoms with Crippen LogP contribution < -0.4 is 4.90 Å². The minimum atomic E-state index is -0.755. The molecule has 0 amide bonds. The van der Waals surface area contributed by atoms with E-state index in [0.29, 0.717) is 0 Å². The van der Waals surface area contributed by atoms with Gasteiger partial charge in [0.25, 0.3) is 0 Å². The fourth-order valence-electron chi connectivity index (χ4n) is 2.23. The first-order valence-corrected chi connectivity index (χ1v) is 7.07. The largest absolute Gasteiger partial charge is 0.481 e. The number of hydrogen-bond donors (Lipinski definition) is 1. The van der Waals surface area contributed by atoms with E-state index in [9.17, 15) is 4.79 Å². The van der Waals surface area contributed by atoms with Crippen LogP contribution in [0.25, 0.3) is 0 Å². The lowest BCUT2D eigenvalue weighted by Crippen LogP contribution is -2.41. The maximum absolute atomic E-state index is 10.9. The number of halogens is 1. The van der Waals surface area contributed by atoms with Crippen LogP contribution in [0.3, 0.4) is 0 Å². The number of carboxylic acids is 1. The number of hydrogen-bond acceptors (Lipinski definition) is 3. The highest BCUT2D eigenvalue weighted by atomic mass is 35.5. The summed E-state index contributed by atoms with van der Waals surface area (Å²) in [5.41, 5.74) is 2.12. The molecule has 0 aromatic heterocycles. The zero-order valence-electron chi connectivity index (χ0n) is 10.6. The van der Waals surface area contributed by atoms with Crippen molar-refractivity contribution >= 4 is 35.0 Å². The van der Waals surface area contributed by atoms with Gasteiger partial charge in [-0.15, -0.1) is 11.8 Å². The zero-order chi connectivity index (χ0) is 13.4. The molecule has 2 unspecified atom stereocenters. The van der Waals surface area contributed by atoms with Crippen molar-refractivity contribution in [2.45, 2.75) is 36.5 Å². The van der Waals surface area contributed by atoms with Gasteiger partial charge in [-0.05, 0) is 31.5 Å². The summed E-state index contributed by atoms with van der Waals surface area (Å²) >= 11 is 7.91. The highest BCUT2D eigenvalue weighted by Crippen LogP contribution is 2.46. The average molecular weight is 286 g/mol. The summed E-state index contributed by atoms with van der Waals surface area (Å²) in [7, 11) is 1.97. The van der Waals surface area contributed by atoms with Gasteiger partial charge in [0.1, 0.15) is 0 Å². The molecule has 98 valence electrons. The number of thioether (sulfide) groups is 1. The quantitative estimate of drug-likeness (QED) is 0.904. The molecule has 2 rings (SSSR count). The summed E-state index contributed by atoms with van der Waals surface area (Å²) in [5.74, 6) is -0.755. The Hall–Kier alpha value is -0.870. The molecule has 0 saturated carbocycles. The molecule has 1 aromatic rings. The molecular weight excluding hydrogens is 270 g/mol. The summed E-state index contributed by atoms with van der Waals surface area (Å²) in [5, 5.41) is 9.76. The topological polar surface area (TPSA) is 40.5 Å². The van der Waals surface area contributed by atoms with E-state index in [0.717, 1.165) is 21.2 Å². The van der Waals surface area contributed by atoms with E-state index in [-0.39, 0.29) is 17.7 Å². The van der Waals surface area contributed by atoms with Crippen molar-refractivity contribution in [3.8, 4) is 0 Å². The van der Waals surface area contributed by atoms with Crippen LogP contribution in [0, 0.1) is 6.92 Å². The van der Waals surface area contributed by atoms with E-state index < -0.39 is 5.97 Å². The molecule has 1 aromatic carbocycles. The molecule has 18 heavy (non-hydrogen) atoms. The van der Waals surface area contributed by atoms with E-state index in [1.165, 1.54) is 0 Å². The molecule has 3 nitrogen and oxygen atoms in total. The van der Waals surface area contributed by atoms with Crippen LogP contribution in [0.5, 0.6) is 0 Å². The van der Waals surface area contributed by atoms with Gasteiger partial charge in [0.15, 0.2) is 0 Å². The highest BCUT2D eigenvalue weighted by molar-refractivity contribution is 8.00. The summed E-state index contributed by atoms with van der Waals surface area (Å²) in [6.45, 7) is 4.04. The Labute approximate surface area is 116 Å². The van der Waals surface area contributed by atoms with E-state index in [2.05, 4.69) is 11.0 Å². The molecule has 0 fully saturated rings. The van der Waals surface area contributed by atoms with E-state index >= 15 is 0 Å². The predicted molar refractivity (Wildman–Crippen MR) is 76.0 cm³/mol. The van der Waals surface area contributed by atoms with Gasteiger partial charge in [0.05, 0.1) is 17.1 Å². The van der Waals surface area contributed by atoms with Crippen LogP contribution in [0.15, 0.2) is 17.0 Å². The lowest BCUT2D eigenvalue weighted by Gasteiger charge is -2.39. The average Bonchev–Trinajstić information content (AvgIpc) is 2.23. The summed E-state index contributed by atoms with van der Waals surface area (Å²) in [6.07, 6.45) is 0.168. The number of nitrogens with zero attached hydrogens (tertiary/aromatic N) is 1. The lowest BCUT2D eigenvalue weighted by atomic mass is 10.1. The summed E-state index contributed by atoms with van der Waals surface area (Å²) in [6, 6.07) is 4.17. The molecule has 1 aliphatic heterocycles. The fraction of sp³-hybridized carbons (Fsp3) is 0.462. The van der Waals surface area contributed by atoms with Crippen LogP contribution in [0.2, 0.25) is 5.02 Å². The third-order valence-corrected chi connectivity index (χ3v) is 5.05. The highest BCUT2D eigenvalue weighted by Gasteiger charge is 2.32. The normalized spacial score (nSPS) is 22.8. The van der Waals surface area contributed by atoms with E-state index in [4.69, 9.17) is 16.7 Å². The fourth-order valence-corrected chi connectivity index (χ4v) is 4.25. The first kappa shape index (κ1) is 13.6. The van der Waals surface area contributed by atoms with Crippen molar-refractivity contribution in [2.75, 3.05) is 11.9 Å². The van der Waals surface area contributed by atoms with Crippen molar-refractivity contribution in [3.05, 3.63) is 22.7 Å². The molecule has 1 N–H and O–H groups in total. The number of aryl methyl sites for hydroxylation is 1. The number of anilines is 1. The first-order valence-electron chi connectivity index (χ1n) is 5.81. The van der Waals surface area contributed by atoms with Gasteiger partial charge >= 0.3 is 5.97 Å². The smallest absolute Gasteiger partial charge is 0.304 e. The molecule has 0 saturated heterocycles. The maximum atomic E-state index is 10.9. The number of carboxylic acid groups (broad SMARTS) is 1. The Bertz CT molecular complexity index is 492. The van der Waals surface area contributed by atoms with Crippen molar-refractivity contribution in [1.82, 2.24) is 0 Å². The molecule has 0 spiro atoms. The Morgan fingerprint density at radius 3 is 2.83 bits per heavy atom. The van der Waals surface area contributed by atoms with Crippen molar-refractivity contribution in [3.63, 3.8) is 0 Å². The van der Waals surface area contributed by atoms with Crippen LogP contribution >= 0.6 is 23.4 Å². The maximum Gasteiger partial charge on any atom is 0.304 e. The zero-order valence-corrected chi connectivity index (χ0v) is 12.2. The van der Waals surface area contributed by atoms with Gasteiger partial charge in [0.2, 0.25) is 0 Å². The predicted octanol–water partition coefficient (Wildman–Crippen LogP) is 3.42. The molecule has 0 radical (unpaired) electrons. The Kier molecular flexibility index (Phi) is 3.78. The molecule has 0 aliphatic carbocycles. The van der Waals surface area contributed by atoms with Crippen molar-refractivity contribution in [1.29, 1.82) is 0 Å². The van der Waals surface area contributed by atoms with Gasteiger partial charge in [-0.2, -0.15) is 0 Å². The third-order valence-electron chi connectivity index (χ3n) is 3.33.